The molecule has 0 saturated carbocycles. The Morgan fingerprint density at radius 2 is 2.21 bits per heavy atom. The Balaban J connectivity index is 2.20. The number of rotatable bonds is 4. The number of amides is 1. The van der Waals surface area contributed by atoms with E-state index in [4.69, 9.17) is 5.84 Å². The summed E-state index contributed by atoms with van der Waals surface area (Å²) in [7, 11) is 0. The molecule has 0 atom stereocenters. The largest absolute Gasteiger partial charge is 0.323 e. The smallest absolute Gasteiger partial charge is 0.259 e. The maximum Gasteiger partial charge on any atom is 0.259 e. The van der Waals surface area contributed by atoms with Crippen LogP contribution < -0.4 is 16.6 Å². The first kappa shape index (κ1) is 13.4. The summed E-state index contributed by atoms with van der Waals surface area (Å²) in [5.74, 6) is 5.16. The van der Waals surface area contributed by atoms with Crippen molar-refractivity contribution in [3.8, 4) is 0 Å². The van der Waals surface area contributed by atoms with Crippen LogP contribution in [0.4, 0.5) is 10.8 Å². The molecule has 2 rings (SSSR count). The second kappa shape index (κ2) is 5.77. The molecule has 0 fully saturated rings. The fourth-order valence-corrected chi connectivity index (χ4v) is 2.26. The minimum absolute atomic E-state index is 0.258. The highest BCUT2D eigenvalue weighted by Gasteiger charge is 2.13. The lowest BCUT2D eigenvalue weighted by Crippen LogP contribution is -2.17. The van der Waals surface area contributed by atoms with Gasteiger partial charge in [-0.25, -0.2) is 0 Å². The van der Waals surface area contributed by atoms with Crippen molar-refractivity contribution in [2.45, 2.75) is 20.3 Å². The normalized spacial score (nSPS) is 10.3. The number of aromatic nitrogens is 2. The SMILES string of the molecule is CCc1nnc(NC(=O)c2ccc(C)cc2NN)s1. The van der Waals surface area contributed by atoms with Crippen molar-refractivity contribution in [1.82, 2.24) is 10.2 Å². The predicted octanol–water partition coefficient (Wildman–Crippen LogP) is 1.95. The first-order valence-corrected chi connectivity index (χ1v) is 6.66. The molecule has 4 N–H and O–H groups in total. The Kier molecular flexibility index (Phi) is 4.08. The molecule has 1 amide bonds. The second-order valence-electron chi connectivity index (χ2n) is 4.00. The Morgan fingerprint density at radius 3 is 2.84 bits per heavy atom. The van der Waals surface area contributed by atoms with Crippen molar-refractivity contribution in [3.05, 3.63) is 34.3 Å². The van der Waals surface area contributed by atoms with E-state index in [1.165, 1.54) is 11.3 Å². The van der Waals surface area contributed by atoms with Gasteiger partial charge in [-0.15, -0.1) is 10.2 Å². The number of hydrogen-bond acceptors (Lipinski definition) is 6. The molecule has 1 aromatic heterocycles. The highest BCUT2D eigenvalue weighted by molar-refractivity contribution is 7.15. The van der Waals surface area contributed by atoms with Crippen molar-refractivity contribution < 1.29 is 4.79 Å². The van der Waals surface area contributed by atoms with Crippen LogP contribution >= 0.6 is 11.3 Å². The topological polar surface area (TPSA) is 92.9 Å². The van der Waals surface area contributed by atoms with Gasteiger partial charge in [0.1, 0.15) is 5.01 Å². The monoisotopic (exact) mass is 277 g/mol. The van der Waals surface area contributed by atoms with E-state index in [1.54, 1.807) is 6.07 Å². The van der Waals surface area contributed by atoms with E-state index in [9.17, 15) is 4.79 Å². The van der Waals surface area contributed by atoms with Gasteiger partial charge in [-0.05, 0) is 31.0 Å². The molecule has 100 valence electrons. The Hall–Kier alpha value is -1.99. The second-order valence-corrected chi connectivity index (χ2v) is 5.06. The summed E-state index contributed by atoms with van der Waals surface area (Å²) in [5, 5.41) is 12.0. The van der Waals surface area contributed by atoms with Gasteiger partial charge in [-0.2, -0.15) is 0 Å². The number of hydrogen-bond donors (Lipinski definition) is 3. The summed E-state index contributed by atoms with van der Waals surface area (Å²) in [6.45, 7) is 3.92. The zero-order chi connectivity index (χ0) is 13.8. The molecular weight excluding hydrogens is 262 g/mol. The average Bonchev–Trinajstić information content (AvgIpc) is 2.86. The molecule has 2 aromatic rings. The number of anilines is 2. The lowest BCUT2D eigenvalue weighted by molar-refractivity contribution is 0.102. The van der Waals surface area contributed by atoms with Crippen molar-refractivity contribution in [2.75, 3.05) is 10.7 Å². The van der Waals surface area contributed by atoms with E-state index in [-0.39, 0.29) is 5.91 Å². The van der Waals surface area contributed by atoms with Crippen LogP contribution in [0.1, 0.15) is 27.9 Å². The van der Waals surface area contributed by atoms with Crippen molar-refractivity contribution in [1.29, 1.82) is 0 Å². The zero-order valence-electron chi connectivity index (χ0n) is 10.7. The molecule has 0 aliphatic carbocycles. The van der Waals surface area contributed by atoms with Crippen molar-refractivity contribution in [2.24, 2.45) is 5.84 Å². The molecule has 0 spiro atoms. The molecule has 0 unspecified atom stereocenters. The quantitative estimate of drug-likeness (QED) is 0.586. The molecule has 0 radical (unpaired) electrons. The number of nitrogens with zero attached hydrogens (tertiary/aromatic N) is 2. The molecule has 19 heavy (non-hydrogen) atoms. The third-order valence-corrected chi connectivity index (χ3v) is 3.55. The summed E-state index contributed by atoms with van der Waals surface area (Å²) in [4.78, 5) is 12.1. The number of hydrazine groups is 1. The summed E-state index contributed by atoms with van der Waals surface area (Å²) in [6, 6.07) is 5.39. The molecule has 0 aliphatic rings. The summed E-state index contributed by atoms with van der Waals surface area (Å²) in [6.07, 6.45) is 0.799. The Bertz CT molecular complexity index is 596. The van der Waals surface area contributed by atoms with Gasteiger partial charge in [0.15, 0.2) is 0 Å². The van der Waals surface area contributed by atoms with E-state index < -0.39 is 0 Å². The molecule has 6 nitrogen and oxygen atoms in total. The zero-order valence-corrected chi connectivity index (χ0v) is 11.5. The van der Waals surface area contributed by atoms with Crippen LogP contribution in [-0.4, -0.2) is 16.1 Å². The molecule has 1 heterocycles. The molecule has 0 aliphatic heterocycles. The van der Waals surface area contributed by atoms with Crippen LogP contribution in [0.5, 0.6) is 0 Å². The number of nitrogens with one attached hydrogen (secondary N) is 2. The molecule has 0 bridgehead atoms. The van der Waals surface area contributed by atoms with Gasteiger partial charge in [-0.1, -0.05) is 24.3 Å². The number of aryl methyl sites for hydroxylation is 2. The maximum atomic E-state index is 12.1. The number of carbonyl (C=O) groups excluding carboxylic acids is 1. The fraction of sp³-hybridized carbons (Fsp3) is 0.250. The van der Waals surface area contributed by atoms with E-state index in [0.29, 0.717) is 16.4 Å². The Labute approximate surface area is 115 Å². The summed E-state index contributed by atoms with van der Waals surface area (Å²) in [5.41, 5.74) is 4.60. The van der Waals surface area contributed by atoms with Gasteiger partial charge in [0, 0.05) is 0 Å². The van der Waals surface area contributed by atoms with E-state index in [2.05, 4.69) is 20.9 Å². The predicted molar refractivity (Wildman–Crippen MR) is 76.2 cm³/mol. The van der Waals surface area contributed by atoms with E-state index in [0.717, 1.165) is 17.0 Å². The lowest BCUT2D eigenvalue weighted by Gasteiger charge is -2.08. The molecule has 7 heteroatoms. The minimum Gasteiger partial charge on any atom is -0.323 e. The van der Waals surface area contributed by atoms with Gasteiger partial charge < -0.3 is 5.43 Å². The van der Waals surface area contributed by atoms with Crippen molar-refractivity contribution >= 4 is 28.1 Å². The average molecular weight is 277 g/mol. The first-order valence-electron chi connectivity index (χ1n) is 5.85. The third-order valence-electron chi connectivity index (χ3n) is 2.56. The number of carbonyl (C=O) groups is 1. The van der Waals surface area contributed by atoms with Gasteiger partial charge in [0.05, 0.1) is 11.3 Å². The molecule has 0 saturated heterocycles. The van der Waals surface area contributed by atoms with Gasteiger partial charge in [0.2, 0.25) is 5.13 Å². The van der Waals surface area contributed by atoms with Crippen LogP contribution in [0.25, 0.3) is 0 Å². The number of benzene rings is 1. The fourth-order valence-electron chi connectivity index (χ4n) is 1.59. The Morgan fingerprint density at radius 1 is 1.42 bits per heavy atom. The lowest BCUT2D eigenvalue weighted by atomic mass is 10.1. The van der Waals surface area contributed by atoms with Crippen LogP contribution in [0.15, 0.2) is 18.2 Å². The van der Waals surface area contributed by atoms with E-state index >= 15 is 0 Å². The highest BCUT2D eigenvalue weighted by Crippen LogP contribution is 2.20. The number of nitrogen functional groups attached to an aromatic ring is 1. The highest BCUT2D eigenvalue weighted by atomic mass is 32.1. The number of nitrogens with two attached hydrogens (primary N) is 1. The van der Waals surface area contributed by atoms with Crippen LogP contribution in [0.3, 0.4) is 0 Å². The molecular formula is C12H15N5OS. The van der Waals surface area contributed by atoms with Gasteiger partial charge in [-0.3, -0.25) is 16.0 Å². The minimum atomic E-state index is -0.258. The summed E-state index contributed by atoms with van der Waals surface area (Å²) >= 11 is 1.37. The standard InChI is InChI=1S/C12H15N5OS/c1-3-10-16-17-12(19-10)14-11(18)8-5-4-7(2)6-9(8)15-13/h4-6,15H,3,13H2,1-2H3,(H,14,17,18). The third kappa shape index (κ3) is 3.07. The molecule has 1 aromatic carbocycles. The first-order chi connectivity index (χ1) is 9.13. The maximum absolute atomic E-state index is 12.1. The van der Waals surface area contributed by atoms with E-state index in [1.807, 2.05) is 26.0 Å². The van der Waals surface area contributed by atoms with Crippen LogP contribution in [-0.2, 0) is 6.42 Å². The van der Waals surface area contributed by atoms with Crippen LogP contribution in [0.2, 0.25) is 0 Å². The summed E-state index contributed by atoms with van der Waals surface area (Å²) < 4.78 is 0. The van der Waals surface area contributed by atoms with Crippen LogP contribution in [0, 0.1) is 6.92 Å². The van der Waals surface area contributed by atoms with Gasteiger partial charge in [0.25, 0.3) is 5.91 Å². The van der Waals surface area contributed by atoms with Gasteiger partial charge >= 0.3 is 0 Å². The van der Waals surface area contributed by atoms with Crippen molar-refractivity contribution in [3.63, 3.8) is 0 Å².